The summed E-state index contributed by atoms with van der Waals surface area (Å²) in [6.45, 7) is 8.61. The Morgan fingerprint density at radius 1 is 0.655 bits per heavy atom. The molecule has 8 heteroatoms. The number of tetrazole rings is 2. The lowest BCUT2D eigenvalue weighted by Gasteiger charge is -2.00. The first-order valence-electron chi connectivity index (χ1n) is 9.18. The molecule has 2 aromatic heterocycles. The second kappa shape index (κ2) is 8.39. The lowest BCUT2D eigenvalue weighted by atomic mass is 10.1. The molecule has 8 nitrogen and oxygen atoms in total. The van der Waals surface area contributed by atoms with Crippen molar-refractivity contribution < 1.29 is 0 Å². The molecular weight excluding hydrogens is 364 g/mol. The maximum Gasteiger partial charge on any atom is 0.182 e. The Labute approximate surface area is 168 Å². The van der Waals surface area contributed by atoms with Crippen LogP contribution in [0.5, 0.6) is 0 Å². The van der Waals surface area contributed by atoms with Crippen LogP contribution >= 0.6 is 0 Å². The number of hydrogen-bond donors (Lipinski definition) is 0. The van der Waals surface area contributed by atoms with Crippen LogP contribution in [0.1, 0.15) is 33.9 Å². The molecule has 0 aliphatic rings. The van der Waals surface area contributed by atoms with E-state index in [2.05, 4.69) is 44.0 Å². The fraction of sp³-hybridized carbons (Fsp3) is 0.143. The van der Waals surface area contributed by atoms with Gasteiger partial charge in [0.1, 0.15) is 0 Å². The molecule has 0 aliphatic carbocycles. The monoisotopic (exact) mass is 384 g/mol. The molecule has 0 saturated heterocycles. The minimum atomic E-state index is 0.380. The summed E-state index contributed by atoms with van der Waals surface area (Å²) in [6, 6.07) is 16.1. The van der Waals surface area contributed by atoms with E-state index in [9.17, 15) is 0 Å². The minimum absolute atomic E-state index is 0.380. The Bertz CT molecular complexity index is 1020. The van der Waals surface area contributed by atoms with Gasteiger partial charge in [-0.1, -0.05) is 73.8 Å². The highest BCUT2D eigenvalue weighted by atomic mass is 15.6. The zero-order valence-electron chi connectivity index (χ0n) is 15.9. The number of aromatic nitrogens is 8. The van der Waals surface area contributed by atoms with E-state index in [0.29, 0.717) is 31.2 Å². The fourth-order valence-electron chi connectivity index (χ4n) is 2.81. The van der Waals surface area contributed by atoms with E-state index < -0.39 is 0 Å². The summed E-state index contributed by atoms with van der Waals surface area (Å²) in [5, 5.41) is 25.2. The number of benzene rings is 2. The SMILES string of the molecule is C=Cc1ccc(Cn2nnc(Cc3nnn(Cc4ccc(C=C)cc4)n3)n2)cc1. The van der Waals surface area contributed by atoms with E-state index in [0.717, 1.165) is 22.3 Å². The average molecular weight is 384 g/mol. The number of nitrogens with zero attached hydrogens (tertiary/aromatic N) is 8. The fourth-order valence-corrected chi connectivity index (χ4v) is 2.81. The first-order valence-corrected chi connectivity index (χ1v) is 9.18. The van der Waals surface area contributed by atoms with Gasteiger partial charge in [0.15, 0.2) is 11.6 Å². The lowest BCUT2D eigenvalue weighted by molar-refractivity contribution is 0.568. The molecule has 0 amide bonds. The van der Waals surface area contributed by atoms with Gasteiger partial charge < -0.3 is 0 Å². The van der Waals surface area contributed by atoms with Crippen LogP contribution in [0.2, 0.25) is 0 Å². The van der Waals surface area contributed by atoms with Crippen LogP contribution in [0.15, 0.2) is 61.7 Å². The molecule has 144 valence electrons. The third-order valence-corrected chi connectivity index (χ3v) is 4.38. The maximum atomic E-state index is 4.40. The second-order valence-electron chi connectivity index (χ2n) is 6.54. The van der Waals surface area contributed by atoms with Crippen molar-refractivity contribution in [1.82, 2.24) is 40.4 Å². The van der Waals surface area contributed by atoms with Crippen molar-refractivity contribution in [3.8, 4) is 0 Å². The third-order valence-electron chi connectivity index (χ3n) is 4.38. The average Bonchev–Trinajstić information content (AvgIpc) is 3.38. The quantitative estimate of drug-likeness (QED) is 0.464. The second-order valence-corrected chi connectivity index (χ2v) is 6.54. The molecule has 0 unspecified atom stereocenters. The third kappa shape index (κ3) is 4.67. The molecule has 2 heterocycles. The van der Waals surface area contributed by atoms with Gasteiger partial charge in [-0.3, -0.25) is 0 Å². The van der Waals surface area contributed by atoms with Gasteiger partial charge in [-0.25, -0.2) is 0 Å². The summed E-state index contributed by atoms with van der Waals surface area (Å²) < 4.78 is 0. The molecule has 4 aromatic rings. The van der Waals surface area contributed by atoms with Crippen LogP contribution in [0.25, 0.3) is 12.2 Å². The van der Waals surface area contributed by atoms with Crippen LogP contribution in [-0.4, -0.2) is 40.4 Å². The predicted octanol–water partition coefficient (Wildman–Crippen LogP) is 2.63. The molecule has 0 atom stereocenters. The molecule has 29 heavy (non-hydrogen) atoms. The molecule has 0 fully saturated rings. The van der Waals surface area contributed by atoms with Crippen molar-refractivity contribution >= 4 is 12.2 Å². The van der Waals surface area contributed by atoms with E-state index in [1.54, 1.807) is 9.59 Å². The number of hydrogen-bond acceptors (Lipinski definition) is 6. The maximum absolute atomic E-state index is 4.40. The van der Waals surface area contributed by atoms with Gasteiger partial charge in [0.2, 0.25) is 0 Å². The summed E-state index contributed by atoms with van der Waals surface area (Å²) in [5.74, 6) is 1.12. The van der Waals surface area contributed by atoms with Crippen molar-refractivity contribution in [1.29, 1.82) is 0 Å². The van der Waals surface area contributed by atoms with E-state index in [1.165, 1.54) is 0 Å². The van der Waals surface area contributed by atoms with E-state index >= 15 is 0 Å². The van der Waals surface area contributed by atoms with Crippen molar-refractivity contribution in [3.05, 3.63) is 95.6 Å². The van der Waals surface area contributed by atoms with Gasteiger partial charge in [-0.05, 0) is 32.7 Å². The van der Waals surface area contributed by atoms with Crippen LogP contribution in [0.3, 0.4) is 0 Å². The Hall–Kier alpha value is -3.94. The van der Waals surface area contributed by atoms with Crippen molar-refractivity contribution in [2.24, 2.45) is 0 Å². The zero-order valence-corrected chi connectivity index (χ0v) is 15.9. The molecule has 0 aliphatic heterocycles. The summed E-state index contributed by atoms with van der Waals surface area (Å²) in [5.41, 5.74) is 4.33. The van der Waals surface area contributed by atoms with E-state index in [-0.39, 0.29) is 0 Å². The standard InChI is InChI=1S/C21H20N8/c1-3-16-5-9-18(10-6-16)14-28-24-20(22-26-28)13-21-23-27-29(25-21)15-19-11-7-17(4-2)8-12-19/h3-12H,1-2,13-15H2. The summed E-state index contributed by atoms with van der Waals surface area (Å²) in [7, 11) is 0. The molecular formula is C21H20N8. The van der Waals surface area contributed by atoms with E-state index in [1.807, 2.05) is 60.7 Å². The lowest BCUT2D eigenvalue weighted by Crippen LogP contribution is -2.05. The Morgan fingerprint density at radius 2 is 1.07 bits per heavy atom. The van der Waals surface area contributed by atoms with Crippen LogP contribution in [-0.2, 0) is 19.5 Å². The highest BCUT2D eigenvalue weighted by Crippen LogP contribution is 2.08. The first kappa shape index (κ1) is 18.4. The van der Waals surface area contributed by atoms with Crippen molar-refractivity contribution in [2.75, 3.05) is 0 Å². The van der Waals surface area contributed by atoms with Crippen LogP contribution < -0.4 is 0 Å². The Morgan fingerprint density at radius 3 is 1.45 bits per heavy atom. The minimum Gasteiger partial charge on any atom is -0.160 e. The van der Waals surface area contributed by atoms with Gasteiger partial charge in [0.25, 0.3) is 0 Å². The van der Waals surface area contributed by atoms with Crippen molar-refractivity contribution in [3.63, 3.8) is 0 Å². The predicted molar refractivity (Wildman–Crippen MR) is 110 cm³/mol. The van der Waals surface area contributed by atoms with Crippen LogP contribution in [0, 0.1) is 0 Å². The Balaban J connectivity index is 1.37. The molecule has 0 saturated carbocycles. The van der Waals surface area contributed by atoms with Gasteiger partial charge in [0, 0.05) is 0 Å². The van der Waals surface area contributed by atoms with Gasteiger partial charge in [0.05, 0.1) is 19.5 Å². The molecule has 0 radical (unpaired) electrons. The first-order chi connectivity index (χ1) is 14.2. The number of rotatable bonds is 8. The largest absolute Gasteiger partial charge is 0.182 e. The normalized spacial score (nSPS) is 10.8. The van der Waals surface area contributed by atoms with Crippen LogP contribution in [0.4, 0.5) is 0 Å². The molecule has 2 aromatic carbocycles. The molecule has 4 rings (SSSR count). The van der Waals surface area contributed by atoms with Gasteiger partial charge in [-0.2, -0.15) is 9.59 Å². The summed E-state index contributed by atoms with van der Waals surface area (Å²) in [6.07, 6.45) is 4.00. The topological polar surface area (TPSA) is 87.2 Å². The molecule has 0 N–H and O–H groups in total. The van der Waals surface area contributed by atoms with E-state index in [4.69, 9.17) is 0 Å². The molecule has 0 spiro atoms. The highest BCUT2D eigenvalue weighted by Gasteiger charge is 2.10. The highest BCUT2D eigenvalue weighted by molar-refractivity contribution is 5.47. The Kier molecular flexibility index (Phi) is 5.33. The smallest absolute Gasteiger partial charge is 0.160 e. The summed E-state index contributed by atoms with van der Waals surface area (Å²) >= 11 is 0. The van der Waals surface area contributed by atoms with Gasteiger partial charge in [-0.15, -0.1) is 20.4 Å². The van der Waals surface area contributed by atoms with Crippen molar-refractivity contribution in [2.45, 2.75) is 19.5 Å². The molecule has 0 bridgehead atoms. The summed E-state index contributed by atoms with van der Waals surface area (Å²) in [4.78, 5) is 3.12. The van der Waals surface area contributed by atoms with Gasteiger partial charge >= 0.3 is 0 Å². The zero-order chi connectivity index (χ0) is 20.1.